The fourth-order valence-corrected chi connectivity index (χ4v) is 2.45. The summed E-state index contributed by atoms with van der Waals surface area (Å²) >= 11 is 0. The van der Waals surface area contributed by atoms with Crippen LogP contribution in [0.2, 0.25) is 0 Å². The van der Waals surface area contributed by atoms with Gasteiger partial charge in [-0.05, 0) is 41.8 Å². The van der Waals surface area contributed by atoms with E-state index >= 15 is 0 Å². The van der Waals surface area contributed by atoms with Crippen LogP contribution in [0, 0.1) is 19.3 Å². The maximum Gasteiger partial charge on any atom is 0.152 e. The molecule has 2 rings (SSSR count). The van der Waals surface area contributed by atoms with Gasteiger partial charge in [0.1, 0.15) is 18.2 Å². The van der Waals surface area contributed by atoms with Crippen molar-refractivity contribution in [1.82, 2.24) is 0 Å². The number of amidine groups is 1. The Morgan fingerprint density at radius 1 is 1.24 bits per heavy atom. The highest BCUT2D eigenvalue weighted by molar-refractivity contribution is 5.88. The molecule has 0 amide bonds. The van der Waals surface area contributed by atoms with Gasteiger partial charge in [-0.1, -0.05) is 49.6 Å². The summed E-state index contributed by atoms with van der Waals surface area (Å²) in [5, 5.41) is 14.0. The zero-order valence-corrected chi connectivity index (χ0v) is 19.7. The minimum Gasteiger partial charge on any atom is -0.481 e. The monoisotopic (exact) mass is 451 g/mol. The number of rotatable bonds is 11. The summed E-state index contributed by atoms with van der Waals surface area (Å²) < 4.78 is 10.1. The van der Waals surface area contributed by atoms with Crippen molar-refractivity contribution in [2.24, 2.45) is 21.2 Å². The minimum absolute atomic E-state index is 0.138. The van der Waals surface area contributed by atoms with Crippen LogP contribution in [-0.2, 0) is 4.74 Å². The predicted octanol–water partition coefficient (Wildman–Crippen LogP) is 4.41. The van der Waals surface area contributed by atoms with Gasteiger partial charge in [0.2, 0.25) is 0 Å². The predicted molar refractivity (Wildman–Crippen MR) is 133 cm³/mol. The van der Waals surface area contributed by atoms with Gasteiger partial charge in [-0.3, -0.25) is 4.79 Å². The molecule has 0 saturated carbocycles. The first-order chi connectivity index (χ1) is 15.9. The zero-order valence-electron chi connectivity index (χ0n) is 19.7. The van der Waals surface area contributed by atoms with Crippen LogP contribution in [0.25, 0.3) is 0 Å². The van der Waals surface area contributed by atoms with Crippen molar-refractivity contribution in [1.29, 1.82) is 0 Å². The van der Waals surface area contributed by atoms with Gasteiger partial charge < -0.3 is 20.5 Å². The van der Waals surface area contributed by atoms with E-state index in [4.69, 9.17) is 21.6 Å². The van der Waals surface area contributed by atoms with Gasteiger partial charge >= 0.3 is 0 Å². The summed E-state index contributed by atoms with van der Waals surface area (Å²) in [4.78, 5) is 11.1. The highest BCUT2D eigenvalue weighted by Gasteiger charge is 2.04. The molecule has 0 fully saturated rings. The molecule has 33 heavy (non-hydrogen) atoms. The number of methoxy groups -OCH3 is 1. The molecule has 0 saturated heterocycles. The van der Waals surface area contributed by atoms with Gasteiger partial charge in [0.15, 0.2) is 6.29 Å². The molecule has 176 valence electrons. The smallest absolute Gasteiger partial charge is 0.152 e. The van der Waals surface area contributed by atoms with E-state index in [0.29, 0.717) is 42.4 Å². The van der Waals surface area contributed by atoms with Crippen LogP contribution >= 0.6 is 0 Å². The summed E-state index contributed by atoms with van der Waals surface area (Å²) in [6.07, 6.45) is 5.83. The number of ether oxygens (including phenoxy) is 2. The molecule has 2 aromatic carbocycles. The van der Waals surface area contributed by atoms with E-state index in [-0.39, 0.29) is 19.0 Å². The van der Waals surface area contributed by atoms with Crippen LogP contribution < -0.4 is 15.8 Å². The molecular formula is C25H33N5O3. The lowest BCUT2D eigenvalue weighted by molar-refractivity contribution is 0.112. The minimum atomic E-state index is 0.138. The van der Waals surface area contributed by atoms with Gasteiger partial charge in [0.05, 0.1) is 19.7 Å². The van der Waals surface area contributed by atoms with Crippen molar-refractivity contribution >= 4 is 17.8 Å². The Morgan fingerprint density at radius 3 is 2.58 bits per heavy atom. The van der Waals surface area contributed by atoms with E-state index in [1.165, 1.54) is 11.1 Å². The maximum atomic E-state index is 11.1. The van der Waals surface area contributed by atoms with Crippen molar-refractivity contribution < 1.29 is 14.3 Å². The number of carbonyl (C=O) groups excluding carboxylic acids is 1. The molecule has 0 unspecified atom stereocenters. The summed E-state index contributed by atoms with van der Waals surface area (Å²) in [6, 6.07) is 13.7. The van der Waals surface area contributed by atoms with Gasteiger partial charge in [-0.25, -0.2) is 0 Å². The Hall–Kier alpha value is -3.70. The summed E-state index contributed by atoms with van der Waals surface area (Å²) in [6.45, 7) is 7.77. The molecule has 0 atom stereocenters. The number of benzene rings is 2. The Labute approximate surface area is 196 Å². The number of nitrogens with one attached hydrogen (secondary N) is 1. The molecule has 0 aromatic heterocycles. The quantitative estimate of drug-likeness (QED) is 0.1000. The van der Waals surface area contributed by atoms with E-state index in [1.54, 1.807) is 25.3 Å². The first kappa shape index (κ1) is 27.3. The van der Waals surface area contributed by atoms with Crippen LogP contribution in [0.15, 0.2) is 57.9 Å². The zero-order chi connectivity index (χ0) is 24.5. The molecule has 0 aliphatic heterocycles. The lowest BCUT2D eigenvalue weighted by Gasteiger charge is -2.10. The third kappa shape index (κ3) is 11.5. The lowest BCUT2D eigenvalue weighted by atomic mass is 10.0. The fourth-order valence-electron chi connectivity index (χ4n) is 2.45. The number of aldehydes is 1. The maximum absolute atomic E-state index is 11.1. The largest absolute Gasteiger partial charge is 0.481 e. The van der Waals surface area contributed by atoms with Crippen LogP contribution in [0.4, 0.5) is 5.69 Å². The first-order valence-corrected chi connectivity index (χ1v) is 10.5. The van der Waals surface area contributed by atoms with Crippen molar-refractivity contribution in [3.63, 3.8) is 0 Å². The van der Waals surface area contributed by atoms with E-state index in [2.05, 4.69) is 71.7 Å². The second-order valence-corrected chi connectivity index (χ2v) is 7.32. The average molecular weight is 452 g/mol. The number of anilines is 1. The van der Waals surface area contributed by atoms with Crippen LogP contribution in [0.3, 0.4) is 0 Å². The lowest BCUT2D eigenvalue weighted by Crippen LogP contribution is -2.22. The van der Waals surface area contributed by atoms with E-state index in [1.807, 2.05) is 0 Å². The SMILES string of the molecule is C#CCOc1ccc(NC/C(N)=N/N=NCCOC)c(C=O)c1.Cc1ccc(C(C)C)cc1. The van der Waals surface area contributed by atoms with Crippen molar-refractivity contribution in [3.05, 3.63) is 59.2 Å². The van der Waals surface area contributed by atoms with Crippen molar-refractivity contribution in [3.8, 4) is 18.1 Å². The molecule has 0 heterocycles. The van der Waals surface area contributed by atoms with Crippen LogP contribution in [-0.4, -0.2) is 45.5 Å². The molecule has 0 aliphatic rings. The Kier molecular flexibility index (Phi) is 13.3. The molecule has 0 aliphatic carbocycles. The molecule has 0 spiro atoms. The van der Waals surface area contributed by atoms with E-state index in [9.17, 15) is 4.79 Å². The third-order valence-electron chi connectivity index (χ3n) is 4.31. The van der Waals surface area contributed by atoms with Crippen LogP contribution in [0.1, 0.15) is 41.3 Å². The summed E-state index contributed by atoms with van der Waals surface area (Å²) in [5.41, 5.74) is 9.47. The first-order valence-electron chi connectivity index (χ1n) is 10.5. The second-order valence-electron chi connectivity index (χ2n) is 7.32. The van der Waals surface area contributed by atoms with Crippen LogP contribution in [0.5, 0.6) is 5.75 Å². The number of hydrogen-bond acceptors (Lipinski definition) is 6. The molecule has 0 bridgehead atoms. The number of carbonyl (C=O) groups is 1. The number of hydrogen-bond donors (Lipinski definition) is 2. The van der Waals surface area contributed by atoms with Crippen molar-refractivity contribution in [2.45, 2.75) is 26.7 Å². The number of terminal acetylenes is 1. The molecule has 3 N–H and O–H groups in total. The summed E-state index contributed by atoms with van der Waals surface area (Å²) in [7, 11) is 1.57. The second kappa shape index (κ2) is 16.0. The molecular weight excluding hydrogens is 418 g/mol. The van der Waals surface area contributed by atoms with Gasteiger partial charge in [-0.2, -0.15) is 5.11 Å². The summed E-state index contributed by atoms with van der Waals surface area (Å²) in [5.74, 6) is 3.76. The third-order valence-corrected chi connectivity index (χ3v) is 4.31. The normalized spacial score (nSPS) is 11.0. The van der Waals surface area contributed by atoms with E-state index < -0.39 is 0 Å². The van der Waals surface area contributed by atoms with Gasteiger partial charge in [-0.15, -0.1) is 11.5 Å². The van der Waals surface area contributed by atoms with Crippen molar-refractivity contribution in [2.75, 3.05) is 38.7 Å². The fraction of sp³-hybridized carbons (Fsp3) is 0.360. The standard InChI is InChI=1S/C15H19N5O3.C10H14/c1-3-7-23-13-4-5-14(12(9-13)11-21)17-10-15(16)19-20-18-6-8-22-2;1-8(2)10-6-4-9(3)5-7-10/h1,4-5,9,11,17H,6-8,10H2,2H3,(H2,16,18,19);4-8H,1-3H3. The molecule has 8 nitrogen and oxygen atoms in total. The highest BCUT2D eigenvalue weighted by atomic mass is 16.5. The Bertz CT molecular complexity index is 948. The number of nitrogens with two attached hydrogens (primary N) is 1. The molecule has 8 heteroatoms. The van der Waals surface area contributed by atoms with Gasteiger partial charge in [0.25, 0.3) is 0 Å². The molecule has 2 aromatic rings. The van der Waals surface area contributed by atoms with E-state index in [0.717, 1.165) is 0 Å². The number of aryl methyl sites for hydroxylation is 1. The molecule has 0 radical (unpaired) electrons. The Morgan fingerprint density at radius 2 is 1.97 bits per heavy atom. The Balaban J connectivity index is 0.000000451. The van der Waals surface area contributed by atoms with Gasteiger partial charge in [0, 0.05) is 18.4 Å². The number of nitrogens with zero attached hydrogens (tertiary/aromatic N) is 3. The highest BCUT2D eigenvalue weighted by Crippen LogP contribution is 2.20. The average Bonchev–Trinajstić information content (AvgIpc) is 2.82. The topological polar surface area (TPSA) is 111 Å².